The van der Waals surface area contributed by atoms with Gasteiger partial charge >= 0.3 is 0 Å². The van der Waals surface area contributed by atoms with Crippen LogP contribution in [0.4, 0.5) is 0 Å². The number of nitrogens with zero attached hydrogens (tertiary/aromatic N) is 1. The maximum absolute atomic E-state index is 12.0. The lowest BCUT2D eigenvalue weighted by atomic mass is 10.2. The third-order valence-electron chi connectivity index (χ3n) is 2.70. The molecule has 0 aromatic heterocycles. The molecular weight excluding hydrogens is 238 g/mol. The highest BCUT2D eigenvalue weighted by molar-refractivity contribution is 5.96. The van der Waals surface area contributed by atoms with Crippen molar-refractivity contribution >= 4 is 11.7 Å². The Morgan fingerprint density at radius 2 is 1.84 bits per heavy atom. The SMILES string of the molecule is CC/C=C\CN(Cc1ccccc1)C(=O)CC(C)=O. The van der Waals surface area contributed by atoms with Gasteiger partial charge in [0, 0.05) is 13.1 Å². The van der Waals surface area contributed by atoms with Crippen molar-refractivity contribution in [2.75, 3.05) is 6.54 Å². The number of carbonyl (C=O) groups is 2. The average molecular weight is 259 g/mol. The van der Waals surface area contributed by atoms with E-state index in [1.54, 1.807) is 4.90 Å². The van der Waals surface area contributed by atoms with Gasteiger partial charge in [-0.2, -0.15) is 0 Å². The number of Topliss-reactive ketones (excluding diaryl/α,β-unsaturated/α-hetero) is 1. The summed E-state index contributed by atoms with van der Waals surface area (Å²) in [6, 6.07) is 9.81. The molecule has 0 bridgehead atoms. The lowest BCUT2D eigenvalue weighted by Gasteiger charge is -2.21. The van der Waals surface area contributed by atoms with Crippen LogP contribution >= 0.6 is 0 Å². The lowest BCUT2D eigenvalue weighted by molar-refractivity contribution is -0.134. The number of rotatable bonds is 7. The largest absolute Gasteiger partial charge is 0.334 e. The fourth-order valence-corrected chi connectivity index (χ4v) is 1.75. The van der Waals surface area contributed by atoms with E-state index in [-0.39, 0.29) is 18.1 Å². The van der Waals surface area contributed by atoms with Crippen molar-refractivity contribution in [2.24, 2.45) is 0 Å². The highest BCUT2D eigenvalue weighted by Crippen LogP contribution is 2.06. The van der Waals surface area contributed by atoms with Crippen LogP contribution in [-0.2, 0) is 16.1 Å². The molecule has 0 spiro atoms. The smallest absolute Gasteiger partial charge is 0.230 e. The Morgan fingerprint density at radius 1 is 1.16 bits per heavy atom. The first-order valence-corrected chi connectivity index (χ1v) is 6.59. The summed E-state index contributed by atoms with van der Waals surface area (Å²) in [6.45, 7) is 4.59. The molecule has 102 valence electrons. The molecule has 1 aromatic carbocycles. The van der Waals surface area contributed by atoms with Crippen LogP contribution in [-0.4, -0.2) is 23.1 Å². The van der Waals surface area contributed by atoms with Crippen molar-refractivity contribution in [1.29, 1.82) is 0 Å². The Bertz CT molecular complexity index is 437. The second kappa shape index (κ2) is 8.25. The first-order chi connectivity index (χ1) is 9.13. The Morgan fingerprint density at radius 3 is 2.42 bits per heavy atom. The normalized spacial score (nSPS) is 10.6. The van der Waals surface area contributed by atoms with Gasteiger partial charge in [-0.05, 0) is 18.9 Å². The molecule has 1 rings (SSSR count). The van der Waals surface area contributed by atoms with E-state index in [0.29, 0.717) is 13.1 Å². The molecule has 0 aliphatic rings. The van der Waals surface area contributed by atoms with Crippen LogP contribution in [0.3, 0.4) is 0 Å². The quantitative estimate of drug-likeness (QED) is 0.557. The minimum Gasteiger partial charge on any atom is -0.334 e. The summed E-state index contributed by atoms with van der Waals surface area (Å²) in [5.41, 5.74) is 1.07. The predicted octanol–water partition coefficient (Wildman–Crippen LogP) is 2.96. The monoisotopic (exact) mass is 259 g/mol. The van der Waals surface area contributed by atoms with Crippen molar-refractivity contribution in [3.05, 3.63) is 48.0 Å². The number of allylic oxidation sites excluding steroid dienone is 1. The zero-order valence-corrected chi connectivity index (χ0v) is 11.6. The summed E-state index contributed by atoms with van der Waals surface area (Å²) in [6.07, 6.45) is 4.92. The molecule has 3 heteroatoms. The van der Waals surface area contributed by atoms with Gasteiger partial charge in [-0.1, -0.05) is 49.4 Å². The molecular formula is C16H21NO2. The molecule has 0 N–H and O–H groups in total. The highest BCUT2D eigenvalue weighted by atomic mass is 16.2. The van der Waals surface area contributed by atoms with E-state index in [2.05, 4.69) is 6.92 Å². The highest BCUT2D eigenvalue weighted by Gasteiger charge is 2.14. The maximum Gasteiger partial charge on any atom is 0.230 e. The van der Waals surface area contributed by atoms with Crippen molar-refractivity contribution in [2.45, 2.75) is 33.2 Å². The minimum absolute atomic E-state index is 0.0210. The van der Waals surface area contributed by atoms with Gasteiger partial charge in [0.15, 0.2) is 0 Å². The van der Waals surface area contributed by atoms with Crippen LogP contribution in [0.2, 0.25) is 0 Å². The zero-order chi connectivity index (χ0) is 14.1. The molecule has 0 saturated heterocycles. The molecule has 1 amide bonds. The van der Waals surface area contributed by atoms with E-state index in [1.807, 2.05) is 42.5 Å². The van der Waals surface area contributed by atoms with E-state index in [1.165, 1.54) is 6.92 Å². The van der Waals surface area contributed by atoms with Crippen molar-refractivity contribution in [1.82, 2.24) is 4.90 Å². The molecule has 3 nitrogen and oxygen atoms in total. The topological polar surface area (TPSA) is 37.4 Å². The summed E-state index contributed by atoms with van der Waals surface area (Å²) in [4.78, 5) is 24.8. The molecule has 0 fully saturated rings. The van der Waals surface area contributed by atoms with E-state index in [0.717, 1.165) is 12.0 Å². The Balaban J connectivity index is 2.71. The Kier molecular flexibility index (Phi) is 6.58. The van der Waals surface area contributed by atoms with Crippen LogP contribution in [0.5, 0.6) is 0 Å². The Hall–Kier alpha value is -1.90. The molecule has 0 aliphatic carbocycles. The fourth-order valence-electron chi connectivity index (χ4n) is 1.75. The zero-order valence-electron chi connectivity index (χ0n) is 11.6. The molecule has 0 atom stereocenters. The van der Waals surface area contributed by atoms with Gasteiger partial charge < -0.3 is 4.90 Å². The van der Waals surface area contributed by atoms with Gasteiger partial charge in [0.2, 0.25) is 5.91 Å². The number of amides is 1. The van der Waals surface area contributed by atoms with Gasteiger partial charge in [-0.25, -0.2) is 0 Å². The standard InChI is InChI=1S/C16H21NO2/c1-3-4-8-11-17(16(19)12-14(2)18)13-15-9-6-5-7-10-15/h4-10H,3,11-13H2,1-2H3/b8-4-. The van der Waals surface area contributed by atoms with Crippen LogP contribution in [0.15, 0.2) is 42.5 Å². The van der Waals surface area contributed by atoms with Crippen LogP contribution < -0.4 is 0 Å². The van der Waals surface area contributed by atoms with E-state index in [4.69, 9.17) is 0 Å². The van der Waals surface area contributed by atoms with E-state index in [9.17, 15) is 9.59 Å². The van der Waals surface area contributed by atoms with Crippen LogP contribution in [0, 0.1) is 0 Å². The number of carbonyl (C=O) groups excluding carboxylic acids is 2. The van der Waals surface area contributed by atoms with E-state index < -0.39 is 0 Å². The van der Waals surface area contributed by atoms with Crippen molar-refractivity contribution in [3.63, 3.8) is 0 Å². The maximum atomic E-state index is 12.0. The summed E-state index contributed by atoms with van der Waals surface area (Å²) < 4.78 is 0. The second-order valence-corrected chi connectivity index (χ2v) is 4.52. The summed E-state index contributed by atoms with van der Waals surface area (Å²) in [7, 11) is 0. The van der Waals surface area contributed by atoms with Gasteiger partial charge in [0.25, 0.3) is 0 Å². The van der Waals surface area contributed by atoms with Gasteiger partial charge in [0.05, 0.1) is 6.42 Å². The molecule has 0 radical (unpaired) electrons. The molecule has 19 heavy (non-hydrogen) atoms. The molecule has 0 aliphatic heterocycles. The molecule has 0 unspecified atom stereocenters. The summed E-state index contributed by atoms with van der Waals surface area (Å²) in [5, 5.41) is 0. The average Bonchev–Trinajstić information content (AvgIpc) is 2.38. The third-order valence-corrected chi connectivity index (χ3v) is 2.70. The minimum atomic E-state index is -0.114. The van der Waals surface area contributed by atoms with Crippen molar-refractivity contribution < 1.29 is 9.59 Å². The second-order valence-electron chi connectivity index (χ2n) is 4.52. The Labute approximate surface area is 114 Å². The molecule has 0 saturated carbocycles. The first kappa shape index (κ1) is 15.2. The third kappa shape index (κ3) is 6.00. The summed E-state index contributed by atoms with van der Waals surface area (Å²) >= 11 is 0. The molecule has 0 heterocycles. The first-order valence-electron chi connectivity index (χ1n) is 6.59. The van der Waals surface area contributed by atoms with Crippen LogP contribution in [0.1, 0.15) is 32.3 Å². The number of hydrogen-bond acceptors (Lipinski definition) is 2. The van der Waals surface area contributed by atoms with Gasteiger partial charge in [0.1, 0.15) is 5.78 Å². The predicted molar refractivity (Wildman–Crippen MR) is 76.6 cm³/mol. The van der Waals surface area contributed by atoms with E-state index >= 15 is 0 Å². The number of ketones is 1. The van der Waals surface area contributed by atoms with Gasteiger partial charge in [-0.3, -0.25) is 9.59 Å². The number of benzene rings is 1. The van der Waals surface area contributed by atoms with Gasteiger partial charge in [-0.15, -0.1) is 0 Å². The fraction of sp³-hybridized carbons (Fsp3) is 0.375. The van der Waals surface area contributed by atoms with Crippen molar-refractivity contribution in [3.8, 4) is 0 Å². The number of hydrogen-bond donors (Lipinski definition) is 0. The van der Waals surface area contributed by atoms with Crippen LogP contribution in [0.25, 0.3) is 0 Å². The lowest BCUT2D eigenvalue weighted by Crippen LogP contribution is -2.31. The summed E-state index contributed by atoms with van der Waals surface area (Å²) in [5.74, 6) is -0.209. The molecule has 1 aromatic rings.